The molecular formula is C19H28N4OS. The number of fused-ring (bicyclic) bond motifs is 1. The van der Waals surface area contributed by atoms with Crippen molar-refractivity contribution in [3.8, 4) is 0 Å². The highest BCUT2D eigenvalue weighted by atomic mass is 32.1. The van der Waals surface area contributed by atoms with Crippen LogP contribution < -0.4 is 5.73 Å². The van der Waals surface area contributed by atoms with Crippen LogP contribution in [0.3, 0.4) is 0 Å². The van der Waals surface area contributed by atoms with Gasteiger partial charge in [0.1, 0.15) is 5.01 Å². The van der Waals surface area contributed by atoms with Crippen molar-refractivity contribution in [3.05, 3.63) is 29.3 Å². The molecule has 0 saturated carbocycles. The minimum absolute atomic E-state index is 0.236. The number of hydrogen-bond donors (Lipinski definition) is 1. The topological polar surface area (TPSA) is 62.5 Å². The fraction of sp³-hybridized carbons (Fsp3) is 0.579. The van der Waals surface area contributed by atoms with Gasteiger partial charge in [-0.1, -0.05) is 26.0 Å². The number of rotatable bonds is 6. The van der Waals surface area contributed by atoms with E-state index < -0.39 is 0 Å². The molecule has 0 radical (unpaired) electrons. The first kappa shape index (κ1) is 18.3. The third-order valence-corrected chi connectivity index (χ3v) is 6.58. The molecule has 5 nitrogen and oxygen atoms in total. The van der Waals surface area contributed by atoms with Crippen LogP contribution in [0.4, 0.5) is 0 Å². The van der Waals surface area contributed by atoms with Crippen LogP contribution in [0.25, 0.3) is 10.2 Å². The smallest absolute Gasteiger partial charge is 0.230 e. The predicted octanol–water partition coefficient (Wildman–Crippen LogP) is 2.71. The summed E-state index contributed by atoms with van der Waals surface area (Å²) in [5, 5.41) is 1.15. The highest BCUT2D eigenvalue weighted by Gasteiger charge is 2.37. The Morgan fingerprint density at radius 1 is 1.20 bits per heavy atom. The summed E-state index contributed by atoms with van der Waals surface area (Å²) in [6, 6.07) is 8.27. The SMILES string of the molecule is CCC(CC)(CN)C(=O)N1CCN(Cc2nc3ccccc3s2)CC1. The number of thiazole rings is 1. The molecule has 1 saturated heterocycles. The van der Waals surface area contributed by atoms with Crippen molar-refractivity contribution in [2.75, 3.05) is 32.7 Å². The number of carbonyl (C=O) groups excluding carboxylic acids is 1. The molecule has 0 unspecified atom stereocenters. The monoisotopic (exact) mass is 360 g/mol. The van der Waals surface area contributed by atoms with E-state index in [9.17, 15) is 4.79 Å². The summed E-state index contributed by atoms with van der Waals surface area (Å²) in [5.74, 6) is 0.236. The summed E-state index contributed by atoms with van der Waals surface area (Å²) >= 11 is 1.76. The Hall–Kier alpha value is -1.50. The maximum atomic E-state index is 12.9. The molecule has 25 heavy (non-hydrogen) atoms. The molecule has 1 aliphatic rings. The Balaban J connectivity index is 1.59. The molecule has 2 aromatic rings. The van der Waals surface area contributed by atoms with Gasteiger partial charge in [-0.15, -0.1) is 11.3 Å². The van der Waals surface area contributed by atoms with Crippen LogP contribution in [-0.2, 0) is 11.3 Å². The van der Waals surface area contributed by atoms with Crippen LogP contribution in [-0.4, -0.2) is 53.4 Å². The molecule has 0 spiro atoms. The molecule has 1 aliphatic heterocycles. The van der Waals surface area contributed by atoms with Crippen LogP contribution in [0.2, 0.25) is 0 Å². The average Bonchev–Trinajstić information content (AvgIpc) is 3.06. The van der Waals surface area contributed by atoms with Crippen LogP contribution in [0.5, 0.6) is 0 Å². The first-order valence-electron chi connectivity index (χ1n) is 9.18. The zero-order chi connectivity index (χ0) is 17.9. The van der Waals surface area contributed by atoms with Crippen molar-refractivity contribution >= 4 is 27.5 Å². The quantitative estimate of drug-likeness (QED) is 0.860. The number of aromatic nitrogens is 1. The van der Waals surface area contributed by atoms with Crippen molar-refractivity contribution < 1.29 is 4.79 Å². The van der Waals surface area contributed by atoms with E-state index in [1.54, 1.807) is 11.3 Å². The van der Waals surface area contributed by atoms with Crippen molar-refractivity contribution in [1.82, 2.24) is 14.8 Å². The lowest BCUT2D eigenvalue weighted by molar-refractivity contribution is -0.144. The average molecular weight is 361 g/mol. The number of nitrogens with two attached hydrogens (primary N) is 1. The molecule has 136 valence electrons. The molecule has 1 aromatic heterocycles. The Labute approximate surface area is 153 Å². The number of hydrogen-bond acceptors (Lipinski definition) is 5. The van der Waals surface area contributed by atoms with E-state index in [0.29, 0.717) is 6.54 Å². The molecule has 2 N–H and O–H groups in total. The highest BCUT2D eigenvalue weighted by Crippen LogP contribution is 2.28. The molecule has 6 heteroatoms. The zero-order valence-electron chi connectivity index (χ0n) is 15.2. The van der Waals surface area contributed by atoms with Gasteiger partial charge < -0.3 is 10.6 Å². The van der Waals surface area contributed by atoms with Gasteiger partial charge >= 0.3 is 0 Å². The largest absolute Gasteiger partial charge is 0.340 e. The van der Waals surface area contributed by atoms with E-state index in [-0.39, 0.29) is 11.3 Å². The standard InChI is InChI=1S/C19H28N4OS/c1-3-19(4-2,14-20)18(24)23-11-9-22(10-12-23)13-17-21-15-7-5-6-8-16(15)25-17/h5-8H,3-4,9-14,20H2,1-2H3. The molecule has 1 amide bonds. The van der Waals surface area contributed by atoms with Crippen molar-refractivity contribution in [2.45, 2.75) is 33.2 Å². The van der Waals surface area contributed by atoms with Gasteiger partial charge in [-0.25, -0.2) is 4.98 Å². The Morgan fingerprint density at radius 3 is 2.48 bits per heavy atom. The van der Waals surface area contributed by atoms with Gasteiger partial charge in [0.05, 0.1) is 22.2 Å². The van der Waals surface area contributed by atoms with Gasteiger partial charge in [-0.05, 0) is 25.0 Å². The minimum atomic E-state index is -0.380. The maximum Gasteiger partial charge on any atom is 0.230 e. The second-order valence-electron chi connectivity index (χ2n) is 6.84. The Morgan fingerprint density at radius 2 is 1.88 bits per heavy atom. The van der Waals surface area contributed by atoms with Gasteiger partial charge in [0.15, 0.2) is 0 Å². The molecule has 1 aromatic carbocycles. The van der Waals surface area contributed by atoms with E-state index in [0.717, 1.165) is 56.1 Å². The predicted molar refractivity (Wildman–Crippen MR) is 104 cm³/mol. The second kappa shape index (κ2) is 7.81. The van der Waals surface area contributed by atoms with E-state index in [1.165, 1.54) is 4.70 Å². The van der Waals surface area contributed by atoms with Gasteiger partial charge in [0.25, 0.3) is 0 Å². The summed E-state index contributed by atoms with van der Waals surface area (Å²) in [5.41, 5.74) is 6.64. The Bertz CT molecular complexity index is 676. The zero-order valence-corrected chi connectivity index (χ0v) is 16.0. The van der Waals surface area contributed by atoms with Crippen LogP contribution in [0.1, 0.15) is 31.7 Å². The van der Waals surface area contributed by atoms with E-state index >= 15 is 0 Å². The maximum absolute atomic E-state index is 12.9. The lowest BCUT2D eigenvalue weighted by atomic mass is 9.81. The molecule has 0 bridgehead atoms. The first-order chi connectivity index (χ1) is 12.1. The normalized spacial score (nSPS) is 16.5. The van der Waals surface area contributed by atoms with Crippen molar-refractivity contribution in [2.24, 2.45) is 11.1 Å². The lowest BCUT2D eigenvalue weighted by Crippen LogP contribution is -2.54. The fourth-order valence-electron chi connectivity index (χ4n) is 3.55. The number of carbonyl (C=O) groups is 1. The van der Waals surface area contributed by atoms with E-state index in [2.05, 4.69) is 36.9 Å². The molecule has 1 fully saturated rings. The molecular weight excluding hydrogens is 332 g/mol. The van der Waals surface area contributed by atoms with E-state index in [1.807, 2.05) is 11.0 Å². The summed E-state index contributed by atoms with van der Waals surface area (Å²) in [6.07, 6.45) is 1.62. The minimum Gasteiger partial charge on any atom is -0.340 e. The van der Waals surface area contributed by atoms with Gasteiger partial charge in [0, 0.05) is 32.7 Å². The van der Waals surface area contributed by atoms with Crippen molar-refractivity contribution in [3.63, 3.8) is 0 Å². The van der Waals surface area contributed by atoms with Gasteiger partial charge in [-0.2, -0.15) is 0 Å². The summed E-state index contributed by atoms with van der Waals surface area (Å²) in [7, 11) is 0. The lowest BCUT2D eigenvalue weighted by Gasteiger charge is -2.40. The van der Waals surface area contributed by atoms with Crippen LogP contribution in [0.15, 0.2) is 24.3 Å². The first-order valence-corrected chi connectivity index (χ1v) is 9.99. The van der Waals surface area contributed by atoms with Gasteiger partial charge in [0.2, 0.25) is 5.91 Å². The van der Waals surface area contributed by atoms with E-state index in [4.69, 9.17) is 10.7 Å². The number of benzene rings is 1. The molecule has 2 heterocycles. The number of amides is 1. The Kier molecular flexibility index (Phi) is 5.71. The second-order valence-corrected chi connectivity index (χ2v) is 7.95. The van der Waals surface area contributed by atoms with Gasteiger partial charge in [-0.3, -0.25) is 9.69 Å². The third kappa shape index (κ3) is 3.71. The van der Waals surface area contributed by atoms with Crippen molar-refractivity contribution in [1.29, 1.82) is 0 Å². The summed E-state index contributed by atoms with van der Waals surface area (Å²) in [6.45, 7) is 8.80. The third-order valence-electron chi connectivity index (χ3n) is 5.55. The molecule has 0 aliphatic carbocycles. The summed E-state index contributed by atoms with van der Waals surface area (Å²) < 4.78 is 1.24. The number of para-hydroxylation sites is 1. The fourth-order valence-corrected chi connectivity index (χ4v) is 4.56. The number of piperazine rings is 1. The van der Waals surface area contributed by atoms with Crippen LogP contribution in [0, 0.1) is 5.41 Å². The number of nitrogens with zero attached hydrogens (tertiary/aromatic N) is 3. The molecule has 3 rings (SSSR count). The molecule has 0 atom stereocenters. The van der Waals surface area contributed by atoms with Crippen LogP contribution >= 0.6 is 11.3 Å². The summed E-state index contributed by atoms with van der Waals surface area (Å²) in [4.78, 5) is 22.0. The highest BCUT2D eigenvalue weighted by molar-refractivity contribution is 7.18.